The maximum atomic E-state index is 12.7. The predicted octanol–water partition coefficient (Wildman–Crippen LogP) is 0.417. The first-order chi connectivity index (χ1) is 13.4. The van der Waals surface area contributed by atoms with Crippen molar-refractivity contribution in [2.45, 2.75) is 11.8 Å². The van der Waals surface area contributed by atoms with Gasteiger partial charge in [-0.05, 0) is 31.2 Å². The third kappa shape index (κ3) is 4.64. The van der Waals surface area contributed by atoms with Crippen LogP contribution in [0, 0.1) is 0 Å². The fourth-order valence-corrected chi connectivity index (χ4v) is 4.74. The van der Waals surface area contributed by atoms with Crippen molar-refractivity contribution in [2.24, 2.45) is 0 Å². The van der Waals surface area contributed by atoms with Gasteiger partial charge in [-0.25, -0.2) is 8.42 Å². The van der Waals surface area contributed by atoms with Crippen molar-refractivity contribution in [3.63, 3.8) is 0 Å². The van der Waals surface area contributed by atoms with Crippen LogP contribution in [-0.4, -0.2) is 57.1 Å². The van der Waals surface area contributed by atoms with Crippen LogP contribution >= 0.6 is 0 Å². The molecule has 0 aromatic heterocycles. The van der Waals surface area contributed by atoms with Gasteiger partial charge < -0.3 is 10.2 Å². The van der Waals surface area contributed by atoms with Crippen LogP contribution in [0.5, 0.6) is 0 Å². The molecule has 1 fully saturated rings. The monoisotopic (exact) mass is 402 g/mol. The van der Waals surface area contributed by atoms with Gasteiger partial charge in [-0.3, -0.25) is 9.59 Å². The van der Waals surface area contributed by atoms with E-state index in [0.717, 1.165) is 4.90 Å². The van der Waals surface area contributed by atoms with E-state index >= 15 is 0 Å². The molecule has 1 aliphatic rings. The summed E-state index contributed by atoms with van der Waals surface area (Å²) in [5.74, 6) is -0.300. The number of benzene rings is 2. The third-order valence-corrected chi connectivity index (χ3v) is 6.71. The second-order valence-electron chi connectivity index (χ2n) is 6.79. The van der Waals surface area contributed by atoms with E-state index in [0.29, 0.717) is 37.4 Å². The average molecular weight is 402 g/mol. The molecule has 0 spiro atoms. The van der Waals surface area contributed by atoms with E-state index in [1.807, 2.05) is 0 Å². The average Bonchev–Trinajstić information content (AvgIpc) is 2.69. The van der Waals surface area contributed by atoms with Crippen LogP contribution in [0.2, 0.25) is 0 Å². The molecule has 3 rings (SSSR count). The minimum Gasteiger partial charge on any atom is -0.325 e. The number of nitrogens with zero attached hydrogens (tertiary/aromatic N) is 1. The summed E-state index contributed by atoms with van der Waals surface area (Å²) in [6, 6.07) is 15.3. The van der Waals surface area contributed by atoms with Gasteiger partial charge >= 0.3 is 0 Å². The number of anilines is 1. The predicted molar refractivity (Wildman–Crippen MR) is 106 cm³/mol. The fourth-order valence-electron chi connectivity index (χ4n) is 3.28. The minimum atomic E-state index is -3.50. The van der Waals surface area contributed by atoms with Gasteiger partial charge in [-0.2, -0.15) is 4.31 Å². The molecule has 0 aliphatic carbocycles. The number of nitrogens with one attached hydrogen (secondary N) is 2. The summed E-state index contributed by atoms with van der Waals surface area (Å²) < 4.78 is 26.8. The zero-order valence-corrected chi connectivity index (χ0v) is 16.5. The highest BCUT2D eigenvalue weighted by Crippen LogP contribution is 2.16. The Morgan fingerprint density at radius 3 is 2.25 bits per heavy atom. The van der Waals surface area contributed by atoms with Crippen molar-refractivity contribution in [1.29, 1.82) is 0 Å². The number of Topliss-reactive ketones (excluding diaryl/α,β-unsaturated/α-hetero) is 1. The largest absolute Gasteiger partial charge is 0.325 e. The molecule has 2 aromatic carbocycles. The zero-order valence-electron chi connectivity index (χ0n) is 15.7. The summed E-state index contributed by atoms with van der Waals surface area (Å²) in [4.78, 5) is 25.3. The molecule has 1 aliphatic heterocycles. The Kier molecular flexibility index (Phi) is 6.23. The molecule has 0 atom stereocenters. The first-order valence-corrected chi connectivity index (χ1v) is 10.6. The molecule has 0 saturated carbocycles. The number of quaternary nitrogens is 1. The van der Waals surface area contributed by atoms with E-state index in [1.54, 1.807) is 54.6 Å². The van der Waals surface area contributed by atoms with Crippen molar-refractivity contribution in [1.82, 2.24) is 4.31 Å². The lowest BCUT2D eigenvalue weighted by Crippen LogP contribution is -3.15. The van der Waals surface area contributed by atoms with Gasteiger partial charge in [0.15, 0.2) is 12.3 Å². The number of para-hydroxylation sites is 1. The number of hydrogen-bond donors (Lipinski definition) is 2. The summed E-state index contributed by atoms with van der Waals surface area (Å²) in [5, 5.41) is 2.79. The molecule has 1 saturated heterocycles. The molecule has 1 amide bonds. The van der Waals surface area contributed by atoms with Crippen molar-refractivity contribution in [2.75, 3.05) is 38.0 Å². The number of carbonyl (C=O) groups is 2. The molecule has 0 unspecified atom stereocenters. The van der Waals surface area contributed by atoms with Gasteiger partial charge in [0.2, 0.25) is 10.0 Å². The Bertz CT molecular complexity index is 952. The third-order valence-electron chi connectivity index (χ3n) is 4.80. The van der Waals surface area contributed by atoms with Crippen LogP contribution in [0.15, 0.2) is 59.5 Å². The van der Waals surface area contributed by atoms with Gasteiger partial charge in [-0.1, -0.05) is 30.3 Å². The second kappa shape index (κ2) is 8.64. The SMILES string of the molecule is CC(=O)c1ccccc1NC(=O)C[NH+]1CCN(S(=O)(=O)c2ccccc2)CC1. The Morgan fingerprint density at radius 2 is 1.61 bits per heavy atom. The molecule has 148 valence electrons. The topological polar surface area (TPSA) is 88.0 Å². The molecule has 8 heteroatoms. The summed E-state index contributed by atoms with van der Waals surface area (Å²) >= 11 is 0. The number of sulfonamides is 1. The summed E-state index contributed by atoms with van der Waals surface area (Å²) in [6.07, 6.45) is 0. The first kappa shape index (κ1) is 20.2. The lowest BCUT2D eigenvalue weighted by atomic mass is 10.1. The highest BCUT2D eigenvalue weighted by Gasteiger charge is 2.31. The van der Waals surface area contributed by atoms with Crippen molar-refractivity contribution in [3.8, 4) is 0 Å². The standard InChI is InChI=1S/C20H23N3O4S/c1-16(24)18-9-5-6-10-19(18)21-20(25)15-22-11-13-23(14-12-22)28(26,27)17-7-3-2-4-8-17/h2-10H,11-15H2,1H3,(H,21,25)/p+1. The maximum absolute atomic E-state index is 12.7. The lowest BCUT2D eigenvalue weighted by Gasteiger charge is -2.31. The smallest absolute Gasteiger partial charge is 0.279 e. The quantitative estimate of drug-likeness (QED) is 0.686. The zero-order chi connectivity index (χ0) is 20.1. The van der Waals surface area contributed by atoms with Crippen LogP contribution in [0.25, 0.3) is 0 Å². The molecule has 0 radical (unpaired) electrons. The molecule has 2 N–H and O–H groups in total. The van der Waals surface area contributed by atoms with E-state index in [9.17, 15) is 18.0 Å². The van der Waals surface area contributed by atoms with Crippen molar-refractivity contribution in [3.05, 3.63) is 60.2 Å². The highest BCUT2D eigenvalue weighted by molar-refractivity contribution is 7.89. The van der Waals surface area contributed by atoms with Crippen LogP contribution in [0.1, 0.15) is 17.3 Å². The van der Waals surface area contributed by atoms with Crippen molar-refractivity contribution < 1.29 is 22.9 Å². The fraction of sp³-hybridized carbons (Fsp3) is 0.300. The number of carbonyl (C=O) groups excluding carboxylic acids is 2. The van der Waals surface area contributed by atoms with E-state index < -0.39 is 10.0 Å². The molecule has 2 aromatic rings. The van der Waals surface area contributed by atoms with Crippen LogP contribution in [-0.2, 0) is 14.8 Å². The molecular formula is C20H24N3O4S+. The number of ketones is 1. The normalized spacial score (nSPS) is 15.9. The molecular weight excluding hydrogens is 378 g/mol. The van der Waals surface area contributed by atoms with Gasteiger partial charge in [0, 0.05) is 5.56 Å². The van der Waals surface area contributed by atoms with Gasteiger partial charge in [0.25, 0.3) is 5.91 Å². The van der Waals surface area contributed by atoms with Gasteiger partial charge in [-0.15, -0.1) is 0 Å². The Morgan fingerprint density at radius 1 is 1.00 bits per heavy atom. The molecule has 0 bridgehead atoms. The number of piperazine rings is 1. The maximum Gasteiger partial charge on any atom is 0.279 e. The van der Waals surface area contributed by atoms with E-state index in [4.69, 9.17) is 0 Å². The highest BCUT2D eigenvalue weighted by atomic mass is 32.2. The summed E-state index contributed by atoms with van der Waals surface area (Å²) in [6.45, 7) is 3.52. The van der Waals surface area contributed by atoms with Crippen molar-refractivity contribution >= 4 is 27.4 Å². The number of rotatable bonds is 6. The summed E-state index contributed by atoms with van der Waals surface area (Å²) in [5.41, 5.74) is 0.981. The van der Waals surface area contributed by atoms with E-state index in [-0.39, 0.29) is 23.1 Å². The van der Waals surface area contributed by atoms with E-state index in [2.05, 4.69) is 5.32 Å². The first-order valence-electron chi connectivity index (χ1n) is 9.16. The molecule has 7 nitrogen and oxygen atoms in total. The number of hydrogen-bond acceptors (Lipinski definition) is 4. The Labute approximate surface area is 165 Å². The molecule has 28 heavy (non-hydrogen) atoms. The van der Waals surface area contributed by atoms with E-state index in [1.165, 1.54) is 11.2 Å². The Balaban J connectivity index is 1.56. The van der Waals surface area contributed by atoms with Crippen LogP contribution in [0.3, 0.4) is 0 Å². The lowest BCUT2D eigenvalue weighted by molar-refractivity contribution is -0.895. The Hall–Kier alpha value is -2.55. The molecule has 1 heterocycles. The number of amides is 1. The second-order valence-corrected chi connectivity index (χ2v) is 8.73. The minimum absolute atomic E-state index is 0.108. The van der Waals surface area contributed by atoms with Gasteiger partial charge in [0.05, 0.1) is 36.8 Å². The van der Waals surface area contributed by atoms with Crippen LogP contribution in [0.4, 0.5) is 5.69 Å². The van der Waals surface area contributed by atoms with Gasteiger partial charge in [0.1, 0.15) is 0 Å². The summed E-state index contributed by atoms with van der Waals surface area (Å²) in [7, 11) is -3.50. The van der Waals surface area contributed by atoms with Crippen LogP contribution < -0.4 is 10.2 Å².